The lowest BCUT2D eigenvalue weighted by Gasteiger charge is -2.21. The van der Waals surface area contributed by atoms with Crippen molar-refractivity contribution < 1.29 is 19.8 Å². The Bertz CT molecular complexity index is 338. The summed E-state index contributed by atoms with van der Waals surface area (Å²) < 4.78 is 0. The Labute approximate surface area is 108 Å². The third-order valence-electron chi connectivity index (χ3n) is 3.95. The quantitative estimate of drug-likeness (QED) is 0.659. The van der Waals surface area contributed by atoms with Gasteiger partial charge in [-0.25, -0.2) is 0 Å². The maximum Gasteiger partial charge on any atom is 0.307 e. The normalized spacial score (nSPS) is 26.8. The highest BCUT2D eigenvalue weighted by Crippen LogP contribution is 2.58. The Kier molecular flexibility index (Phi) is 4.37. The fourth-order valence-corrected chi connectivity index (χ4v) is 2.57. The SMILES string of the molecule is CC(C)C(CCO)NC(=O)[C@H]1[C@@H](C(=O)O)C1(C)C. The summed E-state index contributed by atoms with van der Waals surface area (Å²) in [5, 5.41) is 20.8. The molecule has 0 aromatic rings. The van der Waals surface area contributed by atoms with Crippen LogP contribution in [0.25, 0.3) is 0 Å². The summed E-state index contributed by atoms with van der Waals surface area (Å²) in [7, 11) is 0. The number of nitrogens with one attached hydrogen (secondary N) is 1. The monoisotopic (exact) mass is 257 g/mol. The van der Waals surface area contributed by atoms with Crippen LogP contribution >= 0.6 is 0 Å². The minimum atomic E-state index is -0.914. The molecule has 1 amide bonds. The molecule has 0 aliphatic heterocycles. The third kappa shape index (κ3) is 2.83. The van der Waals surface area contributed by atoms with E-state index in [4.69, 9.17) is 10.2 Å². The van der Waals surface area contributed by atoms with Gasteiger partial charge in [-0.2, -0.15) is 0 Å². The predicted molar refractivity (Wildman–Crippen MR) is 66.9 cm³/mol. The lowest BCUT2D eigenvalue weighted by atomic mass is 10.0. The van der Waals surface area contributed by atoms with Crippen LogP contribution in [0.1, 0.15) is 34.1 Å². The average molecular weight is 257 g/mol. The van der Waals surface area contributed by atoms with Crippen molar-refractivity contribution in [2.24, 2.45) is 23.2 Å². The van der Waals surface area contributed by atoms with Gasteiger partial charge >= 0.3 is 5.97 Å². The van der Waals surface area contributed by atoms with E-state index in [1.807, 2.05) is 13.8 Å². The van der Waals surface area contributed by atoms with Crippen molar-refractivity contribution in [1.29, 1.82) is 0 Å². The smallest absolute Gasteiger partial charge is 0.307 e. The van der Waals surface area contributed by atoms with Crippen molar-refractivity contribution >= 4 is 11.9 Å². The van der Waals surface area contributed by atoms with Crippen molar-refractivity contribution in [3.05, 3.63) is 0 Å². The van der Waals surface area contributed by atoms with Crippen LogP contribution in [0, 0.1) is 23.2 Å². The molecule has 1 aliphatic rings. The maximum absolute atomic E-state index is 12.1. The van der Waals surface area contributed by atoms with Crippen LogP contribution in [0.15, 0.2) is 0 Å². The Morgan fingerprint density at radius 1 is 1.28 bits per heavy atom. The van der Waals surface area contributed by atoms with Gasteiger partial charge in [0.25, 0.3) is 0 Å². The van der Waals surface area contributed by atoms with Gasteiger partial charge in [-0.15, -0.1) is 0 Å². The number of carbonyl (C=O) groups is 2. The van der Waals surface area contributed by atoms with Crippen LogP contribution in [-0.2, 0) is 9.59 Å². The van der Waals surface area contributed by atoms with Crippen molar-refractivity contribution in [1.82, 2.24) is 5.32 Å². The zero-order chi connectivity index (χ0) is 14.1. The second kappa shape index (κ2) is 5.26. The number of hydrogen-bond acceptors (Lipinski definition) is 3. The van der Waals surface area contributed by atoms with Crippen molar-refractivity contribution in [2.45, 2.75) is 40.2 Å². The fraction of sp³-hybridized carbons (Fsp3) is 0.846. The summed E-state index contributed by atoms with van der Waals surface area (Å²) in [6.45, 7) is 7.54. The number of aliphatic hydroxyl groups excluding tert-OH is 1. The molecule has 1 saturated carbocycles. The lowest BCUT2D eigenvalue weighted by molar-refractivity contribution is -0.140. The molecule has 1 unspecified atom stereocenters. The predicted octanol–water partition coefficient (Wildman–Crippen LogP) is 0.866. The van der Waals surface area contributed by atoms with E-state index >= 15 is 0 Å². The summed E-state index contributed by atoms with van der Waals surface area (Å²) in [6.07, 6.45) is 0.494. The number of carboxylic acids is 1. The van der Waals surface area contributed by atoms with Crippen LogP contribution in [0.4, 0.5) is 0 Å². The van der Waals surface area contributed by atoms with Gasteiger partial charge in [-0.05, 0) is 17.8 Å². The largest absolute Gasteiger partial charge is 0.481 e. The van der Waals surface area contributed by atoms with E-state index in [1.54, 1.807) is 13.8 Å². The topological polar surface area (TPSA) is 86.6 Å². The number of hydrogen-bond donors (Lipinski definition) is 3. The van der Waals surface area contributed by atoms with E-state index < -0.39 is 23.2 Å². The van der Waals surface area contributed by atoms with E-state index in [1.165, 1.54) is 0 Å². The van der Waals surface area contributed by atoms with Gasteiger partial charge in [-0.1, -0.05) is 27.7 Å². The molecule has 0 heterocycles. The summed E-state index contributed by atoms with van der Waals surface area (Å²) in [6, 6.07) is -0.103. The van der Waals surface area contributed by atoms with Gasteiger partial charge in [-0.3, -0.25) is 9.59 Å². The molecule has 18 heavy (non-hydrogen) atoms. The highest BCUT2D eigenvalue weighted by atomic mass is 16.4. The molecular formula is C13H23NO4. The summed E-state index contributed by atoms with van der Waals surface area (Å²) in [5.41, 5.74) is -0.476. The van der Waals surface area contributed by atoms with Crippen LogP contribution in [-0.4, -0.2) is 34.7 Å². The molecule has 0 saturated heterocycles. The summed E-state index contributed by atoms with van der Waals surface area (Å²) in [5.74, 6) is -1.97. The molecule has 3 atom stereocenters. The molecule has 1 fully saturated rings. The first-order chi connectivity index (χ1) is 8.23. The molecule has 3 N–H and O–H groups in total. The zero-order valence-corrected chi connectivity index (χ0v) is 11.4. The molecule has 1 aliphatic carbocycles. The molecule has 0 aromatic carbocycles. The number of aliphatic carboxylic acids is 1. The first-order valence-corrected chi connectivity index (χ1v) is 6.37. The first kappa shape index (κ1) is 15.0. The minimum Gasteiger partial charge on any atom is -0.481 e. The average Bonchev–Trinajstić information content (AvgIpc) is 2.81. The van der Waals surface area contributed by atoms with Gasteiger partial charge in [0, 0.05) is 12.6 Å². The van der Waals surface area contributed by atoms with Gasteiger partial charge in [0.2, 0.25) is 5.91 Å². The maximum atomic E-state index is 12.1. The van der Waals surface area contributed by atoms with Crippen LogP contribution < -0.4 is 5.32 Å². The molecule has 5 heteroatoms. The molecule has 104 valence electrons. The third-order valence-corrected chi connectivity index (χ3v) is 3.95. The molecular weight excluding hydrogens is 234 g/mol. The van der Waals surface area contributed by atoms with Crippen molar-refractivity contribution in [3.63, 3.8) is 0 Å². The van der Waals surface area contributed by atoms with Crippen LogP contribution in [0.2, 0.25) is 0 Å². The van der Waals surface area contributed by atoms with Crippen molar-refractivity contribution in [3.8, 4) is 0 Å². The molecule has 0 aromatic heterocycles. The number of amides is 1. The Balaban J connectivity index is 2.64. The Morgan fingerprint density at radius 3 is 2.17 bits per heavy atom. The minimum absolute atomic E-state index is 0.0134. The standard InChI is InChI=1S/C13H23NO4/c1-7(2)8(5-6-15)14-11(16)9-10(12(17)18)13(9,3)4/h7-10,15H,5-6H2,1-4H3,(H,14,16)(H,17,18)/t8?,9-,10+/m1/s1. The van der Waals surface area contributed by atoms with Gasteiger partial charge in [0.15, 0.2) is 0 Å². The van der Waals surface area contributed by atoms with E-state index in [0.717, 1.165) is 0 Å². The number of carbonyl (C=O) groups excluding carboxylic acids is 1. The zero-order valence-electron chi connectivity index (χ0n) is 11.4. The molecule has 0 radical (unpaired) electrons. The van der Waals surface area contributed by atoms with Gasteiger partial charge in [0.05, 0.1) is 11.8 Å². The molecule has 0 bridgehead atoms. The Hall–Kier alpha value is -1.10. The summed E-state index contributed by atoms with van der Waals surface area (Å²) >= 11 is 0. The van der Waals surface area contributed by atoms with E-state index in [0.29, 0.717) is 6.42 Å². The first-order valence-electron chi connectivity index (χ1n) is 6.37. The van der Waals surface area contributed by atoms with E-state index in [9.17, 15) is 9.59 Å². The second-order valence-corrected chi connectivity index (χ2v) is 5.99. The van der Waals surface area contributed by atoms with Gasteiger partial charge < -0.3 is 15.5 Å². The van der Waals surface area contributed by atoms with Gasteiger partial charge in [0.1, 0.15) is 0 Å². The van der Waals surface area contributed by atoms with Crippen molar-refractivity contribution in [2.75, 3.05) is 6.61 Å². The number of rotatable bonds is 6. The molecule has 0 spiro atoms. The second-order valence-electron chi connectivity index (χ2n) is 5.99. The molecule has 5 nitrogen and oxygen atoms in total. The van der Waals surface area contributed by atoms with Crippen LogP contribution in [0.3, 0.4) is 0 Å². The van der Waals surface area contributed by atoms with Crippen LogP contribution in [0.5, 0.6) is 0 Å². The number of aliphatic hydroxyl groups is 1. The van der Waals surface area contributed by atoms with E-state index in [-0.39, 0.29) is 24.5 Å². The Morgan fingerprint density at radius 2 is 1.83 bits per heavy atom. The highest BCUT2D eigenvalue weighted by molar-refractivity contribution is 5.91. The molecule has 1 rings (SSSR count). The number of carboxylic acid groups (broad SMARTS) is 1. The van der Waals surface area contributed by atoms with E-state index in [2.05, 4.69) is 5.32 Å². The fourth-order valence-electron chi connectivity index (χ4n) is 2.57. The summed E-state index contributed by atoms with van der Waals surface area (Å²) in [4.78, 5) is 23.1. The lowest BCUT2D eigenvalue weighted by Crippen LogP contribution is -2.40. The highest BCUT2D eigenvalue weighted by Gasteiger charge is 2.65.